The maximum absolute atomic E-state index is 5.54. The van der Waals surface area contributed by atoms with E-state index in [2.05, 4.69) is 25.7 Å². The summed E-state index contributed by atoms with van der Waals surface area (Å²) in [6, 6.07) is 5.51. The zero-order chi connectivity index (χ0) is 12.1. The molecule has 0 amide bonds. The lowest BCUT2D eigenvalue weighted by Gasteiger charge is -2.07. The molecule has 0 fully saturated rings. The summed E-state index contributed by atoms with van der Waals surface area (Å²) in [5.41, 5.74) is 9.06. The summed E-state index contributed by atoms with van der Waals surface area (Å²) in [5.74, 6) is 6.51. The van der Waals surface area contributed by atoms with Crippen LogP contribution in [-0.2, 0) is 6.54 Å². The molecule has 2 rings (SSSR count). The summed E-state index contributed by atoms with van der Waals surface area (Å²) in [5, 5.41) is 3.12. The fourth-order valence-corrected chi connectivity index (χ4v) is 1.32. The fourth-order valence-electron chi connectivity index (χ4n) is 1.32. The highest BCUT2D eigenvalue weighted by molar-refractivity contribution is 5.50. The van der Waals surface area contributed by atoms with Crippen LogP contribution in [0, 0.1) is 0 Å². The molecule has 2 aromatic heterocycles. The summed E-state index contributed by atoms with van der Waals surface area (Å²) in [6.07, 6.45) is 3.47. The molecular formula is C10H13N7. The van der Waals surface area contributed by atoms with E-state index in [1.807, 2.05) is 12.1 Å². The summed E-state index contributed by atoms with van der Waals surface area (Å²) >= 11 is 0. The number of nitrogens with two attached hydrogens (primary N) is 2. The molecule has 0 aliphatic carbocycles. The Bertz CT molecular complexity index is 485. The van der Waals surface area contributed by atoms with E-state index in [1.165, 1.54) is 0 Å². The number of rotatable bonds is 4. The molecule has 0 saturated heterocycles. The van der Waals surface area contributed by atoms with Gasteiger partial charge in [0.2, 0.25) is 5.95 Å². The van der Waals surface area contributed by atoms with E-state index in [-0.39, 0.29) is 5.95 Å². The third kappa shape index (κ3) is 3.02. The monoisotopic (exact) mass is 231 g/mol. The van der Waals surface area contributed by atoms with Crippen LogP contribution in [0.4, 0.5) is 17.6 Å². The van der Waals surface area contributed by atoms with Gasteiger partial charge in [-0.2, -0.15) is 9.97 Å². The number of aromatic nitrogens is 3. The minimum atomic E-state index is 0.165. The molecule has 88 valence electrons. The Hall–Kier alpha value is -2.41. The predicted octanol–water partition coefficient (Wildman–Crippen LogP) is 0.351. The van der Waals surface area contributed by atoms with Crippen molar-refractivity contribution in [2.75, 3.05) is 16.5 Å². The quantitative estimate of drug-likeness (QED) is 0.443. The molecular weight excluding hydrogens is 218 g/mol. The van der Waals surface area contributed by atoms with E-state index in [4.69, 9.17) is 11.6 Å². The van der Waals surface area contributed by atoms with Gasteiger partial charge < -0.3 is 16.5 Å². The second-order valence-electron chi connectivity index (χ2n) is 3.35. The zero-order valence-corrected chi connectivity index (χ0v) is 9.09. The molecule has 6 N–H and O–H groups in total. The first kappa shape index (κ1) is 11.1. The van der Waals surface area contributed by atoms with Crippen LogP contribution in [0.5, 0.6) is 0 Å². The Morgan fingerprint density at radius 2 is 1.82 bits per heavy atom. The van der Waals surface area contributed by atoms with Crippen molar-refractivity contribution in [2.24, 2.45) is 5.84 Å². The lowest BCUT2D eigenvalue weighted by atomic mass is 10.3. The van der Waals surface area contributed by atoms with Crippen LogP contribution >= 0.6 is 0 Å². The van der Waals surface area contributed by atoms with Gasteiger partial charge in [-0.3, -0.25) is 4.98 Å². The smallest absolute Gasteiger partial charge is 0.223 e. The molecule has 0 atom stereocenters. The van der Waals surface area contributed by atoms with Gasteiger partial charge in [-0.05, 0) is 17.7 Å². The maximum Gasteiger partial charge on any atom is 0.223 e. The lowest BCUT2D eigenvalue weighted by Crippen LogP contribution is -2.12. The molecule has 0 spiro atoms. The molecule has 0 saturated carbocycles. The molecule has 0 aliphatic heterocycles. The fraction of sp³-hybridized carbons (Fsp3) is 0.100. The molecule has 0 aromatic carbocycles. The normalized spacial score (nSPS) is 9.94. The Balaban J connectivity index is 2.06. The Morgan fingerprint density at radius 3 is 2.53 bits per heavy atom. The van der Waals surface area contributed by atoms with Crippen molar-refractivity contribution in [3.8, 4) is 0 Å². The molecule has 17 heavy (non-hydrogen) atoms. The summed E-state index contributed by atoms with van der Waals surface area (Å²) in [6.45, 7) is 0.628. The second-order valence-corrected chi connectivity index (χ2v) is 3.35. The SMILES string of the molecule is NNc1cc(NCc2ccncc2)nc(N)n1. The van der Waals surface area contributed by atoms with Crippen molar-refractivity contribution in [1.82, 2.24) is 15.0 Å². The molecule has 2 heterocycles. The van der Waals surface area contributed by atoms with Gasteiger partial charge >= 0.3 is 0 Å². The number of nitrogen functional groups attached to an aromatic ring is 2. The first-order valence-corrected chi connectivity index (χ1v) is 5.02. The minimum Gasteiger partial charge on any atom is -0.368 e. The van der Waals surface area contributed by atoms with Gasteiger partial charge in [0.15, 0.2) is 0 Å². The van der Waals surface area contributed by atoms with Gasteiger partial charge in [-0.15, -0.1) is 0 Å². The highest BCUT2D eigenvalue weighted by Crippen LogP contribution is 2.12. The zero-order valence-electron chi connectivity index (χ0n) is 9.09. The van der Waals surface area contributed by atoms with Crippen molar-refractivity contribution in [1.29, 1.82) is 0 Å². The second kappa shape index (κ2) is 5.08. The minimum absolute atomic E-state index is 0.165. The lowest BCUT2D eigenvalue weighted by molar-refractivity contribution is 1.07. The Kier molecular flexibility index (Phi) is 3.31. The van der Waals surface area contributed by atoms with Crippen molar-refractivity contribution >= 4 is 17.6 Å². The maximum atomic E-state index is 5.54. The van der Waals surface area contributed by atoms with Crippen LogP contribution in [0.1, 0.15) is 5.56 Å². The van der Waals surface area contributed by atoms with Crippen LogP contribution in [0.3, 0.4) is 0 Å². The highest BCUT2D eigenvalue weighted by Gasteiger charge is 2.00. The molecule has 7 nitrogen and oxygen atoms in total. The Morgan fingerprint density at radius 1 is 1.12 bits per heavy atom. The number of nitrogens with zero attached hydrogens (tertiary/aromatic N) is 3. The van der Waals surface area contributed by atoms with Crippen molar-refractivity contribution < 1.29 is 0 Å². The molecule has 0 unspecified atom stereocenters. The third-order valence-corrected chi connectivity index (χ3v) is 2.11. The number of nitrogens with one attached hydrogen (secondary N) is 2. The summed E-state index contributed by atoms with van der Waals surface area (Å²) in [7, 11) is 0. The summed E-state index contributed by atoms with van der Waals surface area (Å²) in [4.78, 5) is 11.9. The van der Waals surface area contributed by atoms with Crippen LogP contribution in [-0.4, -0.2) is 15.0 Å². The van der Waals surface area contributed by atoms with Crippen LogP contribution < -0.4 is 22.3 Å². The number of hydrazine groups is 1. The number of hydrogen-bond donors (Lipinski definition) is 4. The van der Waals surface area contributed by atoms with E-state index in [9.17, 15) is 0 Å². The van der Waals surface area contributed by atoms with Gasteiger partial charge in [0.25, 0.3) is 0 Å². The average Bonchev–Trinajstić information content (AvgIpc) is 2.37. The van der Waals surface area contributed by atoms with Crippen molar-refractivity contribution in [3.63, 3.8) is 0 Å². The van der Waals surface area contributed by atoms with Crippen molar-refractivity contribution in [3.05, 3.63) is 36.2 Å². The summed E-state index contributed by atoms with van der Waals surface area (Å²) < 4.78 is 0. The molecule has 7 heteroatoms. The molecule has 0 aliphatic rings. The number of hydrogen-bond acceptors (Lipinski definition) is 7. The molecule has 0 radical (unpaired) electrons. The predicted molar refractivity (Wildman–Crippen MR) is 65.8 cm³/mol. The van der Waals surface area contributed by atoms with E-state index in [1.54, 1.807) is 18.5 Å². The molecule has 0 bridgehead atoms. The largest absolute Gasteiger partial charge is 0.368 e. The number of anilines is 3. The van der Waals surface area contributed by atoms with Crippen LogP contribution in [0.15, 0.2) is 30.6 Å². The van der Waals surface area contributed by atoms with Gasteiger partial charge in [0.05, 0.1) is 0 Å². The number of pyridine rings is 1. The van der Waals surface area contributed by atoms with Gasteiger partial charge in [0, 0.05) is 25.0 Å². The van der Waals surface area contributed by atoms with E-state index in [0.29, 0.717) is 18.2 Å². The first-order valence-electron chi connectivity index (χ1n) is 5.02. The Labute approximate surface area is 98.3 Å². The highest BCUT2D eigenvalue weighted by atomic mass is 15.3. The topological polar surface area (TPSA) is 115 Å². The van der Waals surface area contributed by atoms with Gasteiger partial charge in [-0.1, -0.05) is 0 Å². The van der Waals surface area contributed by atoms with Crippen molar-refractivity contribution in [2.45, 2.75) is 6.54 Å². The van der Waals surface area contributed by atoms with Crippen LogP contribution in [0.2, 0.25) is 0 Å². The van der Waals surface area contributed by atoms with E-state index in [0.717, 1.165) is 5.56 Å². The third-order valence-electron chi connectivity index (χ3n) is 2.11. The first-order chi connectivity index (χ1) is 8.28. The molecule has 2 aromatic rings. The average molecular weight is 231 g/mol. The van der Waals surface area contributed by atoms with Crippen LogP contribution in [0.25, 0.3) is 0 Å². The van der Waals surface area contributed by atoms with E-state index >= 15 is 0 Å². The standard InChI is InChI=1S/C10H13N7/c11-10-15-8(5-9(16-10)17-12)14-6-7-1-3-13-4-2-7/h1-5H,6,12H2,(H4,11,14,15,16,17). The van der Waals surface area contributed by atoms with E-state index < -0.39 is 0 Å². The van der Waals surface area contributed by atoms with Gasteiger partial charge in [0.1, 0.15) is 11.6 Å². The van der Waals surface area contributed by atoms with Gasteiger partial charge in [-0.25, -0.2) is 5.84 Å².